The number of halogens is 1. The summed E-state index contributed by atoms with van der Waals surface area (Å²) in [7, 11) is 1.91. The Kier molecular flexibility index (Phi) is 2.95. The maximum atomic E-state index is 5.86. The van der Waals surface area contributed by atoms with Crippen molar-refractivity contribution < 1.29 is 0 Å². The molecule has 0 aliphatic heterocycles. The van der Waals surface area contributed by atoms with Crippen molar-refractivity contribution in [1.82, 2.24) is 5.32 Å². The number of nitrogens with two attached hydrogens (primary N) is 1. The lowest BCUT2D eigenvalue weighted by Crippen LogP contribution is -2.12. The number of hydrogen-bond donors (Lipinski definition) is 2. The zero-order valence-corrected chi connectivity index (χ0v) is 8.02. The molecule has 12 heavy (non-hydrogen) atoms. The zero-order chi connectivity index (χ0) is 9.14. The summed E-state index contributed by atoms with van der Waals surface area (Å²) in [4.78, 5) is 0. The van der Waals surface area contributed by atoms with Gasteiger partial charge in [0.2, 0.25) is 0 Å². The largest absolute Gasteiger partial charge is 0.398 e. The Bertz CT molecular complexity index is 273. The van der Waals surface area contributed by atoms with Crippen molar-refractivity contribution in [3.8, 4) is 0 Å². The van der Waals surface area contributed by atoms with Crippen LogP contribution < -0.4 is 11.1 Å². The first-order chi connectivity index (χ1) is 5.65. The minimum absolute atomic E-state index is 0.308. The molecule has 0 unspecified atom stereocenters. The fourth-order valence-corrected chi connectivity index (χ4v) is 1.17. The Labute approximate surface area is 77.7 Å². The van der Waals surface area contributed by atoms with Crippen LogP contribution >= 0.6 is 11.6 Å². The van der Waals surface area contributed by atoms with Crippen LogP contribution in [0.15, 0.2) is 18.2 Å². The third-order valence-electron chi connectivity index (χ3n) is 1.96. The predicted molar refractivity (Wildman–Crippen MR) is 53.3 cm³/mol. The highest BCUT2D eigenvalue weighted by atomic mass is 35.5. The summed E-state index contributed by atoms with van der Waals surface area (Å²) < 4.78 is 0. The fraction of sp³-hybridized carbons (Fsp3) is 0.333. The topological polar surface area (TPSA) is 38.0 Å². The zero-order valence-electron chi connectivity index (χ0n) is 7.26. The van der Waals surface area contributed by atoms with Gasteiger partial charge in [0.25, 0.3) is 0 Å². The van der Waals surface area contributed by atoms with Gasteiger partial charge in [-0.1, -0.05) is 17.7 Å². The van der Waals surface area contributed by atoms with E-state index < -0.39 is 0 Å². The standard InChI is InChI=1S/C9H13ClN2/c1-6(12-2)7-3-4-9(11)8(10)5-7/h3-6,12H,11H2,1-2H3/t6-/m1/s1. The van der Waals surface area contributed by atoms with E-state index in [1.54, 1.807) is 0 Å². The molecule has 1 atom stereocenters. The average molecular weight is 185 g/mol. The van der Waals surface area contributed by atoms with E-state index >= 15 is 0 Å². The maximum Gasteiger partial charge on any atom is 0.0638 e. The average Bonchev–Trinajstić information content (AvgIpc) is 2.08. The van der Waals surface area contributed by atoms with Gasteiger partial charge in [0, 0.05) is 6.04 Å². The van der Waals surface area contributed by atoms with Gasteiger partial charge >= 0.3 is 0 Å². The molecule has 0 saturated carbocycles. The van der Waals surface area contributed by atoms with Crippen LogP contribution in [0.3, 0.4) is 0 Å². The van der Waals surface area contributed by atoms with Gasteiger partial charge < -0.3 is 11.1 Å². The monoisotopic (exact) mass is 184 g/mol. The summed E-state index contributed by atoms with van der Waals surface area (Å²) in [6.07, 6.45) is 0. The van der Waals surface area contributed by atoms with Crippen LogP contribution in [0.5, 0.6) is 0 Å². The molecule has 3 heteroatoms. The Balaban J connectivity index is 2.96. The van der Waals surface area contributed by atoms with Gasteiger partial charge in [0.05, 0.1) is 10.7 Å². The van der Waals surface area contributed by atoms with Crippen LogP contribution in [0.25, 0.3) is 0 Å². The summed E-state index contributed by atoms with van der Waals surface area (Å²) in [5, 5.41) is 3.75. The summed E-state index contributed by atoms with van der Waals surface area (Å²) >= 11 is 5.86. The third kappa shape index (κ3) is 1.90. The van der Waals surface area contributed by atoms with E-state index in [2.05, 4.69) is 12.2 Å². The molecule has 1 aromatic carbocycles. The molecule has 0 aromatic heterocycles. The number of nitrogens with one attached hydrogen (secondary N) is 1. The molecule has 0 heterocycles. The van der Waals surface area contributed by atoms with Crippen LogP contribution in [-0.4, -0.2) is 7.05 Å². The molecule has 0 spiro atoms. The molecule has 0 radical (unpaired) electrons. The summed E-state index contributed by atoms with van der Waals surface area (Å²) in [6.45, 7) is 2.07. The maximum absolute atomic E-state index is 5.86. The Hall–Kier alpha value is -0.730. The van der Waals surface area contributed by atoms with Gasteiger partial charge in [-0.2, -0.15) is 0 Å². The molecular weight excluding hydrogens is 172 g/mol. The van der Waals surface area contributed by atoms with Crippen molar-refractivity contribution in [2.75, 3.05) is 12.8 Å². The van der Waals surface area contributed by atoms with Crippen LogP contribution in [0.2, 0.25) is 5.02 Å². The molecule has 2 nitrogen and oxygen atoms in total. The first-order valence-corrected chi connectivity index (χ1v) is 4.25. The van der Waals surface area contributed by atoms with Crippen molar-refractivity contribution in [1.29, 1.82) is 0 Å². The van der Waals surface area contributed by atoms with E-state index in [0.717, 1.165) is 5.56 Å². The van der Waals surface area contributed by atoms with Gasteiger partial charge in [-0.05, 0) is 31.7 Å². The lowest BCUT2D eigenvalue weighted by atomic mass is 10.1. The molecule has 0 saturated heterocycles. The highest BCUT2D eigenvalue weighted by molar-refractivity contribution is 6.33. The van der Waals surface area contributed by atoms with E-state index in [0.29, 0.717) is 16.8 Å². The van der Waals surface area contributed by atoms with Crippen molar-refractivity contribution in [2.24, 2.45) is 0 Å². The number of anilines is 1. The van der Waals surface area contributed by atoms with Crippen LogP contribution in [0.1, 0.15) is 18.5 Å². The predicted octanol–water partition coefficient (Wildman–Crippen LogP) is 2.20. The van der Waals surface area contributed by atoms with Crippen molar-refractivity contribution in [3.05, 3.63) is 28.8 Å². The molecule has 1 aromatic rings. The quantitative estimate of drug-likeness (QED) is 0.692. The van der Waals surface area contributed by atoms with Gasteiger partial charge in [0.15, 0.2) is 0 Å². The molecule has 0 aliphatic carbocycles. The Morgan fingerprint density at radius 2 is 2.17 bits per heavy atom. The van der Waals surface area contributed by atoms with Crippen LogP contribution in [0, 0.1) is 0 Å². The smallest absolute Gasteiger partial charge is 0.0638 e. The molecule has 0 fully saturated rings. The Morgan fingerprint density at radius 3 is 2.67 bits per heavy atom. The lowest BCUT2D eigenvalue weighted by molar-refractivity contribution is 0.652. The lowest BCUT2D eigenvalue weighted by Gasteiger charge is -2.11. The first-order valence-electron chi connectivity index (χ1n) is 3.87. The second-order valence-electron chi connectivity index (χ2n) is 2.79. The number of rotatable bonds is 2. The third-order valence-corrected chi connectivity index (χ3v) is 2.28. The van der Waals surface area contributed by atoms with Gasteiger partial charge in [-0.25, -0.2) is 0 Å². The second-order valence-corrected chi connectivity index (χ2v) is 3.20. The molecule has 66 valence electrons. The number of nitrogen functional groups attached to an aromatic ring is 1. The van der Waals surface area contributed by atoms with Crippen molar-refractivity contribution in [2.45, 2.75) is 13.0 Å². The second kappa shape index (κ2) is 3.78. The molecule has 0 bridgehead atoms. The molecular formula is C9H13ClN2. The van der Waals surface area contributed by atoms with E-state index in [1.807, 2.05) is 25.2 Å². The van der Waals surface area contributed by atoms with Gasteiger partial charge in [-0.3, -0.25) is 0 Å². The van der Waals surface area contributed by atoms with E-state index in [4.69, 9.17) is 17.3 Å². The van der Waals surface area contributed by atoms with Gasteiger partial charge in [-0.15, -0.1) is 0 Å². The summed E-state index contributed by atoms with van der Waals surface area (Å²) in [5.41, 5.74) is 7.36. The van der Waals surface area contributed by atoms with Crippen LogP contribution in [0.4, 0.5) is 5.69 Å². The van der Waals surface area contributed by atoms with E-state index in [1.165, 1.54) is 0 Å². The highest BCUT2D eigenvalue weighted by Crippen LogP contribution is 2.22. The molecule has 3 N–H and O–H groups in total. The summed E-state index contributed by atoms with van der Waals surface area (Å²) in [5.74, 6) is 0. The minimum Gasteiger partial charge on any atom is -0.398 e. The first kappa shape index (κ1) is 9.36. The minimum atomic E-state index is 0.308. The van der Waals surface area contributed by atoms with E-state index in [9.17, 15) is 0 Å². The van der Waals surface area contributed by atoms with Crippen molar-refractivity contribution >= 4 is 17.3 Å². The fourth-order valence-electron chi connectivity index (χ4n) is 0.979. The summed E-state index contributed by atoms with van der Waals surface area (Å²) in [6, 6.07) is 5.99. The van der Waals surface area contributed by atoms with E-state index in [-0.39, 0.29) is 0 Å². The van der Waals surface area contributed by atoms with Gasteiger partial charge in [0.1, 0.15) is 0 Å². The van der Waals surface area contributed by atoms with Crippen LogP contribution in [-0.2, 0) is 0 Å². The number of hydrogen-bond acceptors (Lipinski definition) is 2. The van der Waals surface area contributed by atoms with Crippen molar-refractivity contribution in [3.63, 3.8) is 0 Å². The number of benzene rings is 1. The Morgan fingerprint density at radius 1 is 1.50 bits per heavy atom. The molecule has 1 rings (SSSR count). The molecule has 0 aliphatic rings. The highest BCUT2D eigenvalue weighted by Gasteiger charge is 2.03. The molecule has 0 amide bonds. The normalized spacial score (nSPS) is 12.9. The SMILES string of the molecule is CN[C@H](C)c1ccc(N)c(Cl)c1.